The molecular formula is C23H29NO5. The predicted molar refractivity (Wildman–Crippen MR) is 112 cm³/mol. The van der Waals surface area contributed by atoms with E-state index < -0.39 is 12.1 Å². The first-order valence-corrected chi connectivity index (χ1v) is 9.84. The highest BCUT2D eigenvalue weighted by Gasteiger charge is 2.21. The number of nitrogens with one attached hydrogen (secondary N) is 1. The lowest BCUT2D eigenvalue weighted by molar-refractivity contribution is -0.129. The van der Waals surface area contributed by atoms with Crippen molar-refractivity contribution in [2.45, 2.75) is 39.2 Å². The van der Waals surface area contributed by atoms with Crippen LogP contribution in [0.25, 0.3) is 0 Å². The third-order valence-electron chi connectivity index (χ3n) is 4.64. The molecule has 0 aliphatic rings. The molecule has 2 aromatic rings. The first-order valence-electron chi connectivity index (χ1n) is 9.84. The minimum atomic E-state index is -0.909. The fraction of sp³-hybridized carbons (Fsp3) is 0.391. The lowest BCUT2D eigenvalue weighted by Gasteiger charge is -2.19. The van der Waals surface area contributed by atoms with Crippen molar-refractivity contribution >= 4 is 11.9 Å². The number of carbonyl (C=O) groups excluding carboxylic acids is 2. The van der Waals surface area contributed by atoms with Gasteiger partial charge in [-0.1, -0.05) is 37.3 Å². The molecule has 0 saturated carbocycles. The molecule has 2 rings (SSSR count). The van der Waals surface area contributed by atoms with E-state index in [1.165, 1.54) is 12.7 Å². The summed E-state index contributed by atoms with van der Waals surface area (Å²) in [5, 5.41) is 2.88. The molecular weight excluding hydrogens is 370 g/mol. The molecule has 6 nitrogen and oxygen atoms in total. The molecule has 0 aliphatic carbocycles. The number of amides is 1. The summed E-state index contributed by atoms with van der Waals surface area (Å²) in [4.78, 5) is 24.8. The van der Waals surface area contributed by atoms with E-state index in [1.54, 1.807) is 25.1 Å². The van der Waals surface area contributed by atoms with Gasteiger partial charge >= 0.3 is 5.97 Å². The molecule has 156 valence electrons. The van der Waals surface area contributed by atoms with Gasteiger partial charge in [0, 0.05) is 12.5 Å². The Labute approximate surface area is 172 Å². The second kappa shape index (κ2) is 11.1. The Morgan fingerprint density at radius 3 is 2.38 bits per heavy atom. The van der Waals surface area contributed by atoms with E-state index in [0.717, 1.165) is 6.42 Å². The van der Waals surface area contributed by atoms with E-state index in [4.69, 9.17) is 14.2 Å². The van der Waals surface area contributed by atoms with Crippen molar-refractivity contribution in [1.29, 1.82) is 0 Å². The van der Waals surface area contributed by atoms with Gasteiger partial charge in [0.15, 0.2) is 17.6 Å². The Kier molecular flexibility index (Phi) is 8.52. The number of methoxy groups -OCH3 is 1. The second-order valence-corrected chi connectivity index (χ2v) is 6.61. The highest BCUT2D eigenvalue weighted by atomic mass is 16.5. The zero-order valence-electron chi connectivity index (χ0n) is 17.4. The van der Waals surface area contributed by atoms with Crippen LogP contribution < -0.4 is 14.8 Å². The lowest BCUT2D eigenvalue weighted by atomic mass is 9.96. The van der Waals surface area contributed by atoms with Gasteiger partial charge in [0.1, 0.15) is 0 Å². The summed E-state index contributed by atoms with van der Waals surface area (Å²) in [6.45, 7) is 6.40. The van der Waals surface area contributed by atoms with Crippen LogP contribution in [0.1, 0.15) is 49.0 Å². The summed E-state index contributed by atoms with van der Waals surface area (Å²) >= 11 is 0. The highest BCUT2D eigenvalue weighted by Crippen LogP contribution is 2.28. The number of hydrogen-bond donors (Lipinski definition) is 1. The molecule has 0 unspecified atom stereocenters. The molecule has 0 heterocycles. The number of ether oxygens (including phenoxy) is 3. The molecule has 0 fully saturated rings. The van der Waals surface area contributed by atoms with E-state index in [9.17, 15) is 9.59 Å². The largest absolute Gasteiger partial charge is 0.493 e. The summed E-state index contributed by atoms with van der Waals surface area (Å²) in [6, 6.07) is 14.8. The molecule has 0 spiro atoms. The Morgan fingerprint density at radius 2 is 1.76 bits per heavy atom. The molecule has 2 aromatic carbocycles. The van der Waals surface area contributed by atoms with E-state index >= 15 is 0 Å². The number of carbonyl (C=O) groups is 2. The summed E-state index contributed by atoms with van der Waals surface area (Å²) in [6.07, 6.45) is -0.0155. The van der Waals surface area contributed by atoms with E-state index in [2.05, 4.69) is 12.2 Å². The first kappa shape index (κ1) is 22.3. The summed E-state index contributed by atoms with van der Waals surface area (Å²) in [7, 11) is 1.53. The SMILES string of the molecule is CCOc1cc(C(=O)O[C@@H](C)C(=O)NC[C@@H](CC)c2ccccc2)ccc1OC. The van der Waals surface area contributed by atoms with E-state index in [1.807, 2.05) is 37.3 Å². The fourth-order valence-corrected chi connectivity index (χ4v) is 2.94. The minimum Gasteiger partial charge on any atom is -0.493 e. The van der Waals surface area contributed by atoms with Gasteiger partial charge in [-0.05, 0) is 44.0 Å². The number of benzene rings is 2. The number of rotatable bonds is 10. The van der Waals surface area contributed by atoms with Gasteiger partial charge in [-0.25, -0.2) is 4.79 Å². The summed E-state index contributed by atoms with van der Waals surface area (Å²) < 4.78 is 16.0. The Morgan fingerprint density at radius 1 is 1.03 bits per heavy atom. The molecule has 0 radical (unpaired) electrons. The maximum atomic E-state index is 12.4. The Hall–Kier alpha value is -3.02. The van der Waals surface area contributed by atoms with Crippen LogP contribution in [0, 0.1) is 0 Å². The van der Waals surface area contributed by atoms with Crippen LogP contribution in [-0.4, -0.2) is 38.2 Å². The molecule has 0 bridgehead atoms. The average Bonchev–Trinajstić information content (AvgIpc) is 2.74. The zero-order chi connectivity index (χ0) is 21.2. The fourth-order valence-electron chi connectivity index (χ4n) is 2.94. The molecule has 0 saturated heterocycles. The summed E-state index contributed by atoms with van der Waals surface area (Å²) in [5.74, 6) is 0.270. The third kappa shape index (κ3) is 6.24. The quantitative estimate of drug-likeness (QED) is 0.613. The van der Waals surface area contributed by atoms with Gasteiger partial charge in [0.2, 0.25) is 0 Å². The molecule has 6 heteroatoms. The van der Waals surface area contributed by atoms with Crippen LogP contribution in [0.15, 0.2) is 48.5 Å². The molecule has 0 aromatic heterocycles. The number of esters is 1. The Balaban J connectivity index is 1.95. The highest BCUT2D eigenvalue weighted by molar-refractivity contribution is 5.92. The van der Waals surface area contributed by atoms with Gasteiger partial charge in [0.25, 0.3) is 5.91 Å². The van der Waals surface area contributed by atoms with Crippen molar-refractivity contribution in [3.8, 4) is 11.5 Å². The van der Waals surface area contributed by atoms with Gasteiger partial charge in [-0.2, -0.15) is 0 Å². The van der Waals surface area contributed by atoms with E-state index in [0.29, 0.717) is 30.2 Å². The van der Waals surface area contributed by atoms with Gasteiger partial charge in [0.05, 0.1) is 19.3 Å². The molecule has 1 amide bonds. The third-order valence-corrected chi connectivity index (χ3v) is 4.64. The first-order chi connectivity index (χ1) is 14.0. The van der Waals surface area contributed by atoms with Crippen molar-refractivity contribution in [2.75, 3.05) is 20.3 Å². The predicted octanol–water partition coefficient (Wildman–Crippen LogP) is 3.95. The lowest BCUT2D eigenvalue weighted by Crippen LogP contribution is -2.38. The van der Waals surface area contributed by atoms with Crippen LogP contribution in [0.3, 0.4) is 0 Å². The van der Waals surface area contributed by atoms with E-state index in [-0.39, 0.29) is 11.8 Å². The molecule has 0 aliphatic heterocycles. The standard InChI is InChI=1S/C23H29NO5/c1-5-17(18-10-8-7-9-11-18)15-24-22(25)16(3)29-23(26)19-12-13-20(27-4)21(14-19)28-6-2/h7-14,16-17H,5-6,15H2,1-4H3,(H,24,25)/t16-,17+/m0/s1. The van der Waals surface area contributed by atoms with Crippen LogP contribution in [-0.2, 0) is 9.53 Å². The average molecular weight is 399 g/mol. The van der Waals surface area contributed by atoms with Gasteiger partial charge < -0.3 is 19.5 Å². The van der Waals surface area contributed by atoms with Crippen LogP contribution in [0.2, 0.25) is 0 Å². The molecule has 29 heavy (non-hydrogen) atoms. The molecule has 1 N–H and O–H groups in total. The van der Waals surface area contributed by atoms with Crippen molar-refractivity contribution in [2.24, 2.45) is 0 Å². The van der Waals surface area contributed by atoms with Crippen molar-refractivity contribution < 1.29 is 23.8 Å². The van der Waals surface area contributed by atoms with Crippen molar-refractivity contribution in [3.63, 3.8) is 0 Å². The topological polar surface area (TPSA) is 73.9 Å². The van der Waals surface area contributed by atoms with Crippen LogP contribution >= 0.6 is 0 Å². The minimum absolute atomic E-state index is 0.207. The maximum Gasteiger partial charge on any atom is 0.339 e. The smallest absolute Gasteiger partial charge is 0.339 e. The molecule has 2 atom stereocenters. The van der Waals surface area contributed by atoms with Crippen molar-refractivity contribution in [3.05, 3.63) is 59.7 Å². The monoisotopic (exact) mass is 399 g/mol. The normalized spacial score (nSPS) is 12.6. The van der Waals surface area contributed by atoms with Crippen LogP contribution in [0.5, 0.6) is 11.5 Å². The summed E-state index contributed by atoms with van der Waals surface area (Å²) in [5.41, 5.74) is 1.46. The van der Waals surface area contributed by atoms with Gasteiger partial charge in [-0.3, -0.25) is 4.79 Å². The van der Waals surface area contributed by atoms with Crippen molar-refractivity contribution in [1.82, 2.24) is 5.32 Å². The zero-order valence-corrected chi connectivity index (χ0v) is 17.4. The second-order valence-electron chi connectivity index (χ2n) is 6.61. The van der Waals surface area contributed by atoms with Gasteiger partial charge in [-0.15, -0.1) is 0 Å². The number of hydrogen-bond acceptors (Lipinski definition) is 5. The Bertz CT molecular complexity index is 806. The van der Waals surface area contributed by atoms with Crippen LogP contribution in [0.4, 0.5) is 0 Å². The maximum absolute atomic E-state index is 12.4.